The van der Waals surface area contributed by atoms with Crippen molar-refractivity contribution >= 4 is 33.4 Å². The average molecular weight is 448 g/mol. The second-order valence-electron chi connectivity index (χ2n) is 6.69. The molecule has 0 radical (unpaired) electrons. The number of hydrogen-bond acceptors (Lipinski definition) is 5. The lowest BCUT2D eigenvalue weighted by Crippen LogP contribution is -2.26. The molecule has 0 saturated carbocycles. The summed E-state index contributed by atoms with van der Waals surface area (Å²) in [6.45, 7) is 1.63. The van der Waals surface area contributed by atoms with Crippen molar-refractivity contribution in [3.63, 3.8) is 0 Å². The Bertz CT molecular complexity index is 784. The molecule has 2 amide bonds. The minimum Gasteiger partial charge on any atom is -0.385 e. The molecule has 0 spiro atoms. The van der Waals surface area contributed by atoms with Gasteiger partial charge in [0.1, 0.15) is 0 Å². The first-order chi connectivity index (χ1) is 13.7. The summed E-state index contributed by atoms with van der Waals surface area (Å²) in [4.78, 5) is 24.0. The Morgan fingerprint density at radius 3 is 2.41 bits per heavy atom. The number of carbonyl (C=O) groups excluding carboxylic acids is 2. The molecule has 0 aliphatic carbocycles. The number of nitrogens with one attached hydrogen (secondary N) is 2. The quantitative estimate of drug-likeness (QED) is 0.450. The molecule has 1 aromatic rings. The zero-order valence-electron chi connectivity index (χ0n) is 17.2. The molecular formula is C19H30ClN3O5S. The second-order valence-corrected chi connectivity index (χ2v) is 9.25. The minimum absolute atomic E-state index is 0.00793. The van der Waals surface area contributed by atoms with Gasteiger partial charge in [-0.05, 0) is 37.5 Å². The lowest BCUT2D eigenvalue weighted by molar-refractivity contribution is -0.121. The van der Waals surface area contributed by atoms with Gasteiger partial charge in [0, 0.05) is 47.3 Å². The molecule has 2 N–H and O–H groups in total. The number of benzene rings is 1. The largest absolute Gasteiger partial charge is 0.385 e. The summed E-state index contributed by atoms with van der Waals surface area (Å²) < 4.78 is 30.4. The molecule has 0 saturated heterocycles. The number of halogens is 1. The first-order valence-corrected chi connectivity index (χ1v) is 11.3. The zero-order valence-corrected chi connectivity index (χ0v) is 18.7. The van der Waals surface area contributed by atoms with E-state index < -0.39 is 15.9 Å². The number of methoxy groups -OCH3 is 1. The number of sulfonamides is 1. The van der Waals surface area contributed by atoms with Crippen molar-refractivity contribution in [3.05, 3.63) is 28.8 Å². The van der Waals surface area contributed by atoms with Crippen LogP contribution in [-0.2, 0) is 19.6 Å². The minimum atomic E-state index is -3.65. The number of amides is 2. The standard InChI is InChI=1S/C19H30ClN3O5S/c1-23(2)29(26,27)15-9-10-17(20)16(14-15)19(25)22-11-6-4-5-8-18(24)21-12-7-13-28-3/h9-10,14H,4-8,11-13H2,1-3H3,(H,21,24)(H,22,25). The van der Waals surface area contributed by atoms with E-state index in [-0.39, 0.29) is 21.4 Å². The maximum Gasteiger partial charge on any atom is 0.252 e. The van der Waals surface area contributed by atoms with Crippen LogP contribution in [0.25, 0.3) is 0 Å². The molecule has 0 aliphatic rings. The van der Waals surface area contributed by atoms with E-state index in [1.54, 1.807) is 7.11 Å². The van der Waals surface area contributed by atoms with Crippen LogP contribution < -0.4 is 10.6 Å². The topological polar surface area (TPSA) is 105 Å². The van der Waals surface area contributed by atoms with Crippen molar-refractivity contribution < 1.29 is 22.7 Å². The molecule has 0 atom stereocenters. The van der Waals surface area contributed by atoms with Crippen molar-refractivity contribution in [2.24, 2.45) is 0 Å². The lowest BCUT2D eigenvalue weighted by atomic mass is 10.1. The van der Waals surface area contributed by atoms with E-state index in [0.717, 1.165) is 23.6 Å². The third kappa shape index (κ3) is 8.69. The predicted octanol–water partition coefficient (Wildman–Crippen LogP) is 2.03. The van der Waals surface area contributed by atoms with Crippen LogP contribution in [0.1, 0.15) is 42.5 Å². The van der Waals surface area contributed by atoms with Gasteiger partial charge < -0.3 is 15.4 Å². The number of unbranched alkanes of at least 4 members (excludes halogenated alkanes) is 2. The highest BCUT2D eigenvalue weighted by atomic mass is 35.5. The van der Waals surface area contributed by atoms with Crippen molar-refractivity contribution in [3.8, 4) is 0 Å². The molecule has 0 bridgehead atoms. The zero-order chi connectivity index (χ0) is 21.9. The number of hydrogen-bond donors (Lipinski definition) is 2. The second kappa shape index (κ2) is 12.8. The molecule has 1 rings (SSSR count). The Morgan fingerprint density at radius 1 is 1.07 bits per heavy atom. The van der Waals surface area contributed by atoms with Gasteiger partial charge in [0.05, 0.1) is 15.5 Å². The number of carbonyl (C=O) groups is 2. The molecule has 0 unspecified atom stereocenters. The first-order valence-electron chi connectivity index (χ1n) is 9.46. The van der Waals surface area contributed by atoms with E-state index in [1.165, 1.54) is 32.3 Å². The number of nitrogens with zero attached hydrogens (tertiary/aromatic N) is 1. The van der Waals surface area contributed by atoms with Gasteiger partial charge in [-0.3, -0.25) is 9.59 Å². The van der Waals surface area contributed by atoms with Gasteiger partial charge in [-0.15, -0.1) is 0 Å². The van der Waals surface area contributed by atoms with Gasteiger partial charge in [-0.2, -0.15) is 0 Å². The van der Waals surface area contributed by atoms with Crippen LogP contribution in [0.2, 0.25) is 5.02 Å². The summed E-state index contributed by atoms with van der Waals surface area (Å²) in [7, 11) is 0.812. The summed E-state index contributed by atoms with van der Waals surface area (Å²) >= 11 is 6.06. The summed E-state index contributed by atoms with van der Waals surface area (Å²) in [6.07, 6.45) is 3.44. The van der Waals surface area contributed by atoms with Gasteiger partial charge in [-0.1, -0.05) is 18.0 Å². The fourth-order valence-corrected chi connectivity index (χ4v) is 3.60. The SMILES string of the molecule is COCCCNC(=O)CCCCCNC(=O)c1cc(S(=O)(=O)N(C)C)ccc1Cl. The van der Waals surface area contributed by atoms with Crippen molar-refractivity contribution in [2.75, 3.05) is 40.9 Å². The van der Waals surface area contributed by atoms with Gasteiger partial charge in [-0.25, -0.2) is 12.7 Å². The van der Waals surface area contributed by atoms with E-state index in [0.29, 0.717) is 32.5 Å². The van der Waals surface area contributed by atoms with Crippen LogP contribution >= 0.6 is 11.6 Å². The van der Waals surface area contributed by atoms with Crippen molar-refractivity contribution in [1.29, 1.82) is 0 Å². The van der Waals surface area contributed by atoms with Gasteiger partial charge in [0.15, 0.2) is 0 Å². The number of rotatable bonds is 13. The van der Waals surface area contributed by atoms with Gasteiger partial charge >= 0.3 is 0 Å². The van der Waals surface area contributed by atoms with Gasteiger partial charge in [0.25, 0.3) is 5.91 Å². The Labute approximate surface area is 178 Å². The van der Waals surface area contributed by atoms with E-state index >= 15 is 0 Å². The Balaban J connectivity index is 2.39. The predicted molar refractivity (Wildman–Crippen MR) is 113 cm³/mol. The molecule has 1 aromatic carbocycles. The maximum atomic E-state index is 12.3. The Hall–Kier alpha value is -1.68. The van der Waals surface area contributed by atoms with E-state index in [1.807, 2.05) is 0 Å². The monoisotopic (exact) mass is 447 g/mol. The molecule has 0 aromatic heterocycles. The fraction of sp³-hybridized carbons (Fsp3) is 0.579. The first kappa shape index (κ1) is 25.4. The average Bonchev–Trinajstić information content (AvgIpc) is 2.67. The normalized spacial score (nSPS) is 11.5. The number of ether oxygens (including phenoxy) is 1. The molecule has 164 valence electrons. The summed E-state index contributed by atoms with van der Waals surface area (Å²) in [6, 6.07) is 4.05. The molecule has 0 heterocycles. The summed E-state index contributed by atoms with van der Waals surface area (Å²) in [5, 5.41) is 5.75. The van der Waals surface area contributed by atoms with Gasteiger partial charge in [0.2, 0.25) is 15.9 Å². The lowest BCUT2D eigenvalue weighted by Gasteiger charge is -2.13. The van der Waals surface area contributed by atoms with Crippen LogP contribution in [0.15, 0.2) is 23.1 Å². The highest BCUT2D eigenvalue weighted by molar-refractivity contribution is 7.89. The smallest absolute Gasteiger partial charge is 0.252 e. The molecule has 8 nitrogen and oxygen atoms in total. The third-order valence-corrected chi connectivity index (χ3v) is 6.32. The summed E-state index contributed by atoms with van der Waals surface area (Å²) in [5.74, 6) is -0.419. The maximum absolute atomic E-state index is 12.3. The van der Waals surface area contributed by atoms with Crippen molar-refractivity contribution in [1.82, 2.24) is 14.9 Å². The van der Waals surface area contributed by atoms with Crippen molar-refractivity contribution in [2.45, 2.75) is 37.0 Å². The molecule has 10 heteroatoms. The van der Waals surface area contributed by atoms with E-state index in [9.17, 15) is 18.0 Å². The molecule has 0 aliphatic heterocycles. The molecule has 29 heavy (non-hydrogen) atoms. The fourth-order valence-electron chi connectivity index (χ4n) is 2.47. The molecular weight excluding hydrogens is 418 g/mol. The summed E-state index contributed by atoms with van der Waals surface area (Å²) in [5.41, 5.74) is 0.116. The highest BCUT2D eigenvalue weighted by Crippen LogP contribution is 2.22. The third-order valence-electron chi connectivity index (χ3n) is 4.17. The molecule has 0 fully saturated rings. The van der Waals surface area contributed by atoms with Crippen LogP contribution in [0, 0.1) is 0 Å². The van der Waals surface area contributed by atoms with Crippen LogP contribution in [0.5, 0.6) is 0 Å². The van der Waals surface area contributed by atoms with Crippen LogP contribution in [0.3, 0.4) is 0 Å². The Kier molecular flexibility index (Phi) is 11.2. The van der Waals surface area contributed by atoms with E-state index in [2.05, 4.69) is 10.6 Å². The van der Waals surface area contributed by atoms with Crippen LogP contribution in [-0.4, -0.2) is 65.4 Å². The van der Waals surface area contributed by atoms with Crippen LogP contribution in [0.4, 0.5) is 0 Å². The Morgan fingerprint density at radius 2 is 1.76 bits per heavy atom. The van der Waals surface area contributed by atoms with E-state index in [4.69, 9.17) is 16.3 Å². The highest BCUT2D eigenvalue weighted by Gasteiger charge is 2.20.